The number of aromatic nitrogens is 2. The molecule has 0 aliphatic heterocycles. The van der Waals surface area contributed by atoms with Gasteiger partial charge in [-0.25, -0.2) is 4.98 Å². The van der Waals surface area contributed by atoms with Crippen molar-refractivity contribution in [3.05, 3.63) is 45.7 Å². The maximum Gasteiger partial charge on any atom is 0.258 e. The fraction of sp³-hybridized carbons (Fsp3) is 0.520. The Bertz CT molecular complexity index is 1020. The van der Waals surface area contributed by atoms with Crippen LogP contribution < -0.4 is 5.56 Å². The molecule has 0 radical (unpaired) electrons. The molecule has 2 saturated carbocycles. The van der Waals surface area contributed by atoms with Gasteiger partial charge >= 0.3 is 0 Å². The standard InChI is InChI=1S/C25H28N2OS/c1-2-16-29-24-26-22-20-13-7-4-10-18(20)17-25(14-8-3-9-15-25)21(22)23(28)27(24)19-11-5-6-12-19/h1,4,7,10,13,19H,3,5-6,8-9,11-12,14-17H2. The van der Waals surface area contributed by atoms with E-state index < -0.39 is 0 Å². The van der Waals surface area contributed by atoms with Gasteiger partial charge in [0, 0.05) is 17.0 Å². The third-order valence-electron chi connectivity index (χ3n) is 7.20. The fourth-order valence-electron chi connectivity index (χ4n) is 5.89. The summed E-state index contributed by atoms with van der Waals surface area (Å²) in [6.45, 7) is 0. The van der Waals surface area contributed by atoms with Gasteiger partial charge in [-0.05, 0) is 37.7 Å². The predicted octanol–water partition coefficient (Wildman–Crippen LogP) is 5.51. The average Bonchev–Trinajstić information content (AvgIpc) is 3.27. The van der Waals surface area contributed by atoms with Crippen molar-refractivity contribution >= 4 is 11.8 Å². The fourth-order valence-corrected chi connectivity index (χ4v) is 6.63. The van der Waals surface area contributed by atoms with E-state index in [1.165, 1.54) is 37.7 Å². The predicted molar refractivity (Wildman–Crippen MR) is 119 cm³/mol. The van der Waals surface area contributed by atoms with Gasteiger partial charge in [0.2, 0.25) is 0 Å². The molecule has 1 heterocycles. The van der Waals surface area contributed by atoms with Crippen molar-refractivity contribution in [2.75, 3.05) is 5.75 Å². The van der Waals surface area contributed by atoms with Crippen LogP contribution in [0.25, 0.3) is 11.3 Å². The van der Waals surface area contributed by atoms with Crippen molar-refractivity contribution in [1.82, 2.24) is 9.55 Å². The minimum absolute atomic E-state index is 0.0400. The molecule has 3 aliphatic carbocycles. The van der Waals surface area contributed by atoms with Crippen LogP contribution in [0, 0.1) is 12.3 Å². The molecular formula is C25H28N2OS. The van der Waals surface area contributed by atoms with Crippen LogP contribution in [0.2, 0.25) is 0 Å². The summed E-state index contributed by atoms with van der Waals surface area (Å²) in [6, 6.07) is 8.84. The lowest BCUT2D eigenvalue weighted by Crippen LogP contribution is -2.43. The maximum absolute atomic E-state index is 14.1. The van der Waals surface area contributed by atoms with Crippen LogP contribution in [0.4, 0.5) is 0 Å². The van der Waals surface area contributed by atoms with E-state index in [0.717, 1.165) is 54.1 Å². The van der Waals surface area contributed by atoms with Crippen LogP contribution in [0.5, 0.6) is 0 Å². The van der Waals surface area contributed by atoms with Gasteiger partial charge in [-0.15, -0.1) is 6.42 Å². The molecule has 1 aromatic heterocycles. The van der Waals surface area contributed by atoms with Crippen molar-refractivity contribution in [2.24, 2.45) is 0 Å². The second-order valence-electron chi connectivity index (χ2n) is 8.90. The third-order valence-corrected chi connectivity index (χ3v) is 8.06. The lowest BCUT2D eigenvalue weighted by Gasteiger charge is -2.42. The zero-order valence-corrected chi connectivity index (χ0v) is 17.8. The molecule has 4 heteroatoms. The maximum atomic E-state index is 14.1. The Hall–Kier alpha value is -1.99. The van der Waals surface area contributed by atoms with Crippen molar-refractivity contribution < 1.29 is 0 Å². The smallest absolute Gasteiger partial charge is 0.258 e. The Balaban J connectivity index is 1.78. The monoisotopic (exact) mass is 404 g/mol. The number of rotatable bonds is 3. The highest BCUT2D eigenvalue weighted by Gasteiger charge is 2.44. The van der Waals surface area contributed by atoms with E-state index in [2.05, 4.69) is 30.2 Å². The lowest BCUT2D eigenvalue weighted by molar-refractivity contribution is 0.280. The Morgan fingerprint density at radius 3 is 2.66 bits per heavy atom. The summed E-state index contributed by atoms with van der Waals surface area (Å²) in [6.07, 6.45) is 17.0. The number of benzene rings is 1. The number of thioether (sulfide) groups is 1. The largest absolute Gasteiger partial charge is 0.284 e. The lowest BCUT2D eigenvalue weighted by atomic mass is 9.62. The van der Waals surface area contributed by atoms with Crippen molar-refractivity contribution in [1.29, 1.82) is 0 Å². The van der Waals surface area contributed by atoms with Crippen LogP contribution in [-0.2, 0) is 11.8 Å². The van der Waals surface area contributed by atoms with E-state index in [1.54, 1.807) is 11.8 Å². The van der Waals surface area contributed by atoms with E-state index in [0.29, 0.717) is 5.75 Å². The summed E-state index contributed by atoms with van der Waals surface area (Å²) >= 11 is 1.55. The summed E-state index contributed by atoms with van der Waals surface area (Å²) in [7, 11) is 0. The van der Waals surface area contributed by atoms with Gasteiger partial charge in [-0.1, -0.05) is 74.1 Å². The second-order valence-corrected chi connectivity index (χ2v) is 9.84. The van der Waals surface area contributed by atoms with Gasteiger partial charge in [0.15, 0.2) is 5.16 Å². The zero-order chi connectivity index (χ0) is 19.8. The first kappa shape index (κ1) is 19.0. The van der Waals surface area contributed by atoms with Crippen LogP contribution >= 0.6 is 11.8 Å². The summed E-state index contributed by atoms with van der Waals surface area (Å²) in [5, 5.41) is 0.821. The molecular weight excluding hydrogens is 376 g/mol. The third kappa shape index (κ3) is 3.15. The Morgan fingerprint density at radius 1 is 1.14 bits per heavy atom. The van der Waals surface area contributed by atoms with E-state index in [-0.39, 0.29) is 17.0 Å². The Labute approximate surface area is 177 Å². The second kappa shape index (κ2) is 7.69. The first-order chi connectivity index (χ1) is 14.2. The topological polar surface area (TPSA) is 34.9 Å². The number of hydrogen-bond acceptors (Lipinski definition) is 3. The highest BCUT2D eigenvalue weighted by molar-refractivity contribution is 7.99. The minimum Gasteiger partial charge on any atom is -0.284 e. The van der Waals surface area contributed by atoms with Gasteiger partial charge in [-0.2, -0.15) is 0 Å². The van der Waals surface area contributed by atoms with Gasteiger partial charge in [0.1, 0.15) is 0 Å². The van der Waals surface area contributed by atoms with Gasteiger partial charge in [0.25, 0.3) is 5.56 Å². The molecule has 0 saturated heterocycles. The van der Waals surface area contributed by atoms with Crippen LogP contribution in [0.15, 0.2) is 34.2 Å². The molecule has 0 amide bonds. The molecule has 1 spiro atoms. The van der Waals surface area contributed by atoms with Gasteiger partial charge in [-0.3, -0.25) is 9.36 Å². The first-order valence-corrected chi connectivity index (χ1v) is 12.0. The summed E-state index contributed by atoms with van der Waals surface area (Å²) in [5.74, 6) is 3.26. The number of hydrogen-bond donors (Lipinski definition) is 0. The molecule has 0 atom stereocenters. The number of terminal acetylenes is 1. The average molecular weight is 405 g/mol. The Kier molecular flexibility index (Phi) is 5.04. The van der Waals surface area contributed by atoms with Gasteiger partial charge < -0.3 is 0 Å². The molecule has 3 aliphatic rings. The van der Waals surface area contributed by atoms with Crippen molar-refractivity contribution in [2.45, 2.75) is 80.8 Å². The molecule has 3 nitrogen and oxygen atoms in total. The highest BCUT2D eigenvalue weighted by Crippen LogP contribution is 2.49. The van der Waals surface area contributed by atoms with Gasteiger partial charge in [0.05, 0.1) is 17.0 Å². The van der Waals surface area contributed by atoms with E-state index >= 15 is 0 Å². The highest BCUT2D eigenvalue weighted by atomic mass is 32.2. The van der Waals surface area contributed by atoms with E-state index in [9.17, 15) is 4.79 Å². The van der Waals surface area contributed by atoms with Crippen molar-refractivity contribution in [3.8, 4) is 23.6 Å². The normalized spacial score (nSPS) is 20.2. The molecule has 0 unspecified atom stereocenters. The molecule has 29 heavy (non-hydrogen) atoms. The molecule has 0 N–H and O–H groups in total. The molecule has 0 bridgehead atoms. The Morgan fingerprint density at radius 2 is 1.90 bits per heavy atom. The number of nitrogens with zero attached hydrogens (tertiary/aromatic N) is 2. The molecule has 150 valence electrons. The molecule has 1 aromatic carbocycles. The zero-order valence-electron chi connectivity index (χ0n) is 17.0. The quantitative estimate of drug-likeness (QED) is 0.384. The van der Waals surface area contributed by atoms with E-state index in [4.69, 9.17) is 11.4 Å². The summed E-state index contributed by atoms with van der Waals surface area (Å²) < 4.78 is 2.04. The molecule has 5 rings (SSSR count). The van der Waals surface area contributed by atoms with Crippen LogP contribution in [0.3, 0.4) is 0 Å². The molecule has 2 fully saturated rings. The van der Waals surface area contributed by atoms with Crippen molar-refractivity contribution in [3.63, 3.8) is 0 Å². The van der Waals surface area contributed by atoms with Crippen LogP contribution in [-0.4, -0.2) is 15.3 Å². The van der Waals surface area contributed by atoms with Crippen LogP contribution in [0.1, 0.15) is 75.0 Å². The summed E-state index contributed by atoms with van der Waals surface area (Å²) in [5.41, 5.74) is 4.62. The SMILES string of the molecule is C#CCSc1nc2c(c(=O)n1C1CCCC1)C1(CCCCC1)Cc1ccccc1-2. The van der Waals surface area contributed by atoms with E-state index in [1.807, 2.05) is 4.57 Å². The minimum atomic E-state index is -0.0400. The summed E-state index contributed by atoms with van der Waals surface area (Å²) in [4.78, 5) is 19.3. The molecule has 2 aromatic rings. The number of fused-ring (bicyclic) bond motifs is 4. The first-order valence-electron chi connectivity index (χ1n) is 11.0.